The molecule has 0 radical (unpaired) electrons. The van der Waals surface area contributed by atoms with Crippen molar-refractivity contribution >= 4 is 10.0 Å². The van der Waals surface area contributed by atoms with Crippen LogP contribution in [0.25, 0.3) is 0 Å². The Morgan fingerprint density at radius 2 is 1.86 bits per heavy atom. The van der Waals surface area contributed by atoms with Gasteiger partial charge in [-0.3, -0.25) is 0 Å². The van der Waals surface area contributed by atoms with Gasteiger partial charge >= 0.3 is 0 Å². The predicted octanol–water partition coefficient (Wildman–Crippen LogP) is 0.340. The third-order valence-electron chi connectivity index (χ3n) is 3.34. The Balaban J connectivity index is 2.01. The fourth-order valence-corrected chi connectivity index (χ4v) is 4.09. The number of nitrogens with one attached hydrogen (secondary N) is 1. The van der Waals surface area contributed by atoms with E-state index in [1.807, 2.05) is 0 Å². The Labute approximate surface area is 85.3 Å². The topological polar surface area (TPSA) is 72.2 Å². The van der Waals surface area contributed by atoms with Crippen LogP contribution in [0, 0.1) is 0 Å². The van der Waals surface area contributed by atoms with Crippen molar-refractivity contribution < 1.29 is 8.42 Å². The van der Waals surface area contributed by atoms with Gasteiger partial charge in [0.15, 0.2) is 0 Å². The molecule has 0 amide bonds. The SMILES string of the molecule is NCC1(NS(=O)(=O)C2CCCC2)CC1. The van der Waals surface area contributed by atoms with Crippen molar-refractivity contribution in [2.24, 2.45) is 5.73 Å². The Morgan fingerprint density at radius 1 is 1.29 bits per heavy atom. The van der Waals surface area contributed by atoms with Gasteiger partial charge in [-0.05, 0) is 25.7 Å². The first-order valence-electron chi connectivity index (χ1n) is 5.31. The van der Waals surface area contributed by atoms with E-state index >= 15 is 0 Å². The second-order valence-electron chi connectivity index (χ2n) is 4.54. The Morgan fingerprint density at radius 3 is 2.29 bits per heavy atom. The molecule has 0 aromatic rings. The van der Waals surface area contributed by atoms with E-state index in [9.17, 15) is 8.42 Å². The van der Waals surface area contributed by atoms with Crippen LogP contribution in [0.3, 0.4) is 0 Å². The second kappa shape index (κ2) is 3.47. The van der Waals surface area contributed by atoms with E-state index in [0.717, 1.165) is 38.5 Å². The number of rotatable bonds is 4. The van der Waals surface area contributed by atoms with E-state index in [2.05, 4.69) is 4.72 Å². The van der Waals surface area contributed by atoms with Gasteiger partial charge in [0.1, 0.15) is 0 Å². The first-order chi connectivity index (χ1) is 6.58. The minimum Gasteiger partial charge on any atom is -0.329 e. The minimum atomic E-state index is -3.10. The molecule has 2 aliphatic rings. The lowest BCUT2D eigenvalue weighted by Crippen LogP contribution is -2.45. The van der Waals surface area contributed by atoms with Crippen LogP contribution < -0.4 is 10.5 Å². The van der Waals surface area contributed by atoms with Gasteiger partial charge in [0.05, 0.1) is 5.25 Å². The minimum absolute atomic E-state index is 0.161. The van der Waals surface area contributed by atoms with Crippen LogP contribution in [0.2, 0.25) is 0 Å². The zero-order valence-electron chi connectivity index (χ0n) is 8.33. The van der Waals surface area contributed by atoms with E-state index in [1.54, 1.807) is 0 Å². The first kappa shape index (κ1) is 10.4. The van der Waals surface area contributed by atoms with Gasteiger partial charge in [-0.1, -0.05) is 12.8 Å². The number of hydrogen-bond acceptors (Lipinski definition) is 3. The van der Waals surface area contributed by atoms with Crippen molar-refractivity contribution in [3.63, 3.8) is 0 Å². The fourth-order valence-electron chi connectivity index (χ4n) is 2.08. The molecule has 0 atom stereocenters. The molecule has 4 nitrogen and oxygen atoms in total. The number of hydrogen-bond donors (Lipinski definition) is 2. The summed E-state index contributed by atoms with van der Waals surface area (Å²) >= 11 is 0. The van der Waals surface area contributed by atoms with Crippen LogP contribution in [0.4, 0.5) is 0 Å². The normalized spacial score (nSPS) is 26.6. The third kappa shape index (κ3) is 1.94. The van der Waals surface area contributed by atoms with Crippen molar-refractivity contribution in [2.45, 2.75) is 49.3 Å². The zero-order chi connectivity index (χ0) is 10.2. The van der Waals surface area contributed by atoms with E-state index in [-0.39, 0.29) is 10.8 Å². The van der Waals surface area contributed by atoms with Crippen LogP contribution in [-0.4, -0.2) is 25.8 Å². The van der Waals surface area contributed by atoms with E-state index < -0.39 is 10.0 Å². The molecule has 0 saturated heterocycles. The predicted molar refractivity (Wildman–Crippen MR) is 55.3 cm³/mol. The van der Waals surface area contributed by atoms with Gasteiger partial charge in [0.2, 0.25) is 10.0 Å². The molecule has 2 saturated carbocycles. The molecule has 0 spiro atoms. The maximum atomic E-state index is 11.9. The van der Waals surface area contributed by atoms with Gasteiger partial charge in [0.25, 0.3) is 0 Å². The fraction of sp³-hybridized carbons (Fsp3) is 1.00. The molecule has 3 N–H and O–H groups in total. The van der Waals surface area contributed by atoms with Gasteiger partial charge in [-0.2, -0.15) is 0 Å². The van der Waals surface area contributed by atoms with Gasteiger partial charge in [0, 0.05) is 12.1 Å². The lowest BCUT2D eigenvalue weighted by atomic mass is 10.3. The summed E-state index contributed by atoms with van der Waals surface area (Å²) in [5.41, 5.74) is 5.27. The first-order valence-corrected chi connectivity index (χ1v) is 6.85. The van der Waals surface area contributed by atoms with Gasteiger partial charge in [-0.25, -0.2) is 13.1 Å². The van der Waals surface area contributed by atoms with Crippen molar-refractivity contribution in [1.29, 1.82) is 0 Å². The van der Waals surface area contributed by atoms with Crippen LogP contribution >= 0.6 is 0 Å². The van der Waals surface area contributed by atoms with Crippen molar-refractivity contribution in [3.05, 3.63) is 0 Å². The van der Waals surface area contributed by atoms with Crippen LogP contribution in [0.15, 0.2) is 0 Å². The molecule has 14 heavy (non-hydrogen) atoms. The lowest BCUT2D eigenvalue weighted by molar-refractivity contribution is 0.531. The molecule has 2 aliphatic carbocycles. The molecule has 0 unspecified atom stereocenters. The highest BCUT2D eigenvalue weighted by Crippen LogP contribution is 2.36. The molecule has 0 heterocycles. The summed E-state index contributed by atoms with van der Waals surface area (Å²) in [6.07, 6.45) is 5.51. The van der Waals surface area contributed by atoms with Crippen LogP contribution in [-0.2, 0) is 10.0 Å². The van der Waals surface area contributed by atoms with Crippen molar-refractivity contribution in [1.82, 2.24) is 4.72 Å². The lowest BCUT2D eigenvalue weighted by Gasteiger charge is -2.18. The second-order valence-corrected chi connectivity index (χ2v) is 6.50. The molecule has 0 aromatic heterocycles. The van der Waals surface area contributed by atoms with E-state index in [0.29, 0.717) is 6.54 Å². The maximum Gasteiger partial charge on any atom is 0.215 e. The molecular formula is C9H18N2O2S. The molecule has 2 rings (SSSR count). The molecule has 2 fully saturated rings. The number of sulfonamides is 1. The maximum absolute atomic E-state index is 11.9. The summed E-state index contributed by atoms with van der Waals surface area (Å²) in [7, 11) is -3.10. The average Bonchev–Trinajstić information content (AvgIpc) is 2.70. The molecular weight excluding hydrogens is 200 g/mol. The highest BCUT2D eigenvalue weighted by atomic mass is 32.2. The summed E-state index contributed by atoms with van der Waals surface area (Å²) in [5.74, 6) is 0. The summed E-state index contributed by atoms with van der Waals surface area (Å²) < 4.78 is 26.5. The standard InChI is InChI=1S/C9H18N2O2S/c10-7-9(5-6-9)11-14(12,13)8-3-1-2-4-8/h8,11H,1-7,10H2. The molecule has 0 bridgehead atoms. The van der Waals surface area contributed by atoms with Crippen molar-refractivity contribution in [3.8, 4) is 0 Å². The quantitative estimate of drug-likeness (QED) is 0.714. The number of nitrogens with two attached hydrogens (primary N) is 1. The van der Waals surface area contributed by atoms with Crippen LogP contribution in [0.5, 0.6) is 0 Å². The summed E-state index contributed by atoms with van der Waals surface area (Å²) in [6, 6.07) is 0. The van der Waals surface area contributed by atoms with Gasteiger partial charge in [-0.15, -0.1) is 0 Å². The monoisotopic (exact) mass is 218 g/mol. The Kier molecular flexibility index (Phi) is 2.57. The molecule has 0 aromatic carbocycles. The highest BCUT2D eigenvalue weighted by Gasteiger charge is 2.46. The summed E-state index contributed by atoms with van der Waals surface area (Å²) in [4.78, 5) is 0. The highest BCUT2D eigenvalue weighted by molar-refractivity contribution is 7.90. The molecule has 5 heteroatoms. The molecule has 82 valence electrons. The van der Waals surface area contributed by atoms with E-state index in [1.165, 1.54) is 0 Å². The third-order valence-corrected chi connectivity index (χ3v) is 5.41. The largest absolute Gasteiger partial charge is 0.329 e. The summed E-state index contributed by atoms with van der Waals surface area (Å²) in [5, 5.41) is -0.161. The van der Waals surface area contributed by atoms with Crippen LogP contribution in [0.1, 0.15) is 38.5 Å². The van der Waals surface area contributed by atoms with Gasteiger partial charge < -0.3 is 5.73 Å². The van der Waals surface area contributed by atoms with E-state index in [4.69, 9.17) is 5.73 Å². The van der Waals surface area contributed by atoms with Crippen molar-refractivity contribution in [2.75, 3.05) is 6.54 Å². The Bertz CT molecular complexity index is 303. The Hall–Kier alpha value is -0.130. The summed E-state index contributed by atoms with van der Waals surface area (Å²) in [6.45, 7) is 0.430. The average molecular weight is 218 g/mol. The molecule has 0 aliphatic heterocycles. The zero-order valence-corrected chi connectivity index (χ0v) is 9.15. The smallest absolute Gasteiger partial charge is 0.215 e.